The lowest BCUT2D eigenvalue weighted by Gasteiger charge is -2.11. The van der Waals surface area contributed by atoms with Crippen molar-refractivity contribution >= 4 is 5.97 Å². The van der Waals surface area contributed by atoms with Crippen LogP contribution in [0.4, 0.5) is 17.6 Å². The molecule has 0 atom stereocenters. The summed E-state index contributed by atoms with van der Waals surface area (Å²) in [7, 11) is 1.14. The van der Waals surface area contributed by atoms with E-state index in [2.05, 4.69) is 16.1 Å². The Bertz CT molecular complexity index is 831. The molecule has 0 radical (unpaired) electrons. The monoisotopic (exact) mass is 340 g/mol. The van der Waals surface area contributed by atoms with Gasteiger partial charge < -0.3 is 9.47 Å². The predicted octanol–water partition coefficient (Wildman–Crippen LogP) is 4.40. The lowest BCUT2D eigenvalue weighted by atomic mass is 10.0. The molecule has 3 nitrogen and oxygen atoms in total. The minimum Gasteiger partial charge on any atom is -0.494 e. The third-order valence-corrected chi connectivity index (χ3v) is 3.15. The molecular formula is C17H12F4O3. The summed E-state index contributed by atoms with van der Waals surface area (Å²) < 4.78 is 65.2. The highest BCUT2D eigenvalue weighted by atomic mass is 19.2. The maximum absolute atomic E-state index is 14.2. The van der Waals surface area contributed by atoms with Crippen LogP contribution in [-0.2, 0) is 4.79 Å². The number of methoxy groups -OCH3 is 1. The third kappa shape index (κ3) is 3.10. The average molecular weight is 340 g/mol. The summed E-state index contributed by atoms with van der Waals surface area (Å²) in [4.78, 5) is 11.4. The second-order valence-corrected chi connectivity index (χ2v) is 4.85. The summed E-state index contributed by atoms with van der Waals surface area (Å²) in [6.45, 7) is 4.65. The lowest BCUT2D eigenvalue weighted by Crippen LogP contribution is -2.10. The second kappa shape index (κ2) is 6.74. The fourth-order valence-corrected chi connectivity index (χ4v) is 1.90. The van der Waals surface area contributed by atoms with E-state index in [1.165, 1.54) is 6.92 Å². The Balaban J connectivity index is 2.51. The van der Waals surface area contributed by atoms with E-state index >= 15 is 0 Å². The Kier molecular flexibility index (Phi) is 4.92. The van der Waals surface area contributed by atoms with Gasteiger partial charge in [-0.25, -0.2) is 13.6 Å². The van der Waals surface area contributed by atoms with Gasteiger partial charge in [0.15, 0.2) is 23.1 Å². The quantitative estimate of drug-likeness (QED) is 0.358. The van der Waals surface area contributed by atoms with Gasteiger partial charge in [-0.1, -0.05) is 6.58 Å². The van der Waals surface area contributed by atoms with Gasteiger partial charge in [0, 0.05) is 16.7 Å². The highest BCUT2D eigenvalue weighted by Gasteiger charge is 2.22. The lowest BCUT2D eigenvalue weighted by molar-refractivity contribution is -0.130. The van der Waals surface area contributed by atoms with E-state index in [9.17, 15) is 22.4 Å². The maximum Gasteiger partial charge on any atom is 0.338 e. The van der Waals surface area contributed by atoms with E-state index in [1.807, 2.05) is 0 Å². The van der Waals surface area contributed by atoms with E-state index in [1.54, 1.807) is 0 Å². The summed E-state index contributed by atoms with van der Waals surface area (Å²) in [6.07, 6.45) is 0. The second-order valence-electron chi connectivity index (χ2n) is 4.85. The standard InChI is InChI=1S/C17H12F4O3/c1-8(2)17(22)24-12-7-5-10(14(19)16(12)21)9-4-6-11(23-3)15(20)13(9)18/h4-7H,1H2,2-3H3. The van der Waals surface area contributed by atoms with Crippen LogP contribution in [-0.4, -0.2) is 13.1 Å². The van der Waals surface area contributed by atoms with Gasteiger partial charge in [-0.05, 0) is 31.2 Å². The van der Waals surface area contributed by atoms with E-state index in [4.69, 9.17) is 0 Å². The zero-order valence-electron chi connectivity index (χ0n) is 12.8. The molecule has 0 N–H and O–H groups in total. The molecule has 2 aromatic rings. The highest BCUT2D eigenvalue weighted by Crippen LogP contribution is 2.34. The van der Waals surface area contributed by atoms with Gasteiger partial charge in [0.1, 0.15) is 0 Å². The molecule has 0 aromatic heterocycles. The normalized spacial score (nSPS) is 10.4. The van der Waals surface area contributed by atoms with Crippen molar-refractivity contribution in [1.82, 2.24) is 0 Å². The first-order valence-electron chi connectivity index (χ1n) is 6.66. The molecule has 7 heteroatoms. The SMILES string of the molecule is C=C(C)C(=O)Oc1ccc(-c2ccc(OC)c(F)c2F)c(F)c1F. The molecule has 0 saturated carbocycles. The van der Waals surface area contributed by atoms with Crippen molar-refractivity contribution < 1.29 is 31.8 Å². The number of esters is 1. The van der Waals surface area contributed by atoms with Crippen molar-refractivity contribution in [2.24, 2.45) is 0 Å². The zero-order valence-corrected chi connectivity index (χ0v) is 12.8. The Hall–Kier alpha value is -2.83. The Morgan fingerprint density at radius 3 is 1.79 bits per heavy atom. The van der Waals surface area contributed by atoms with Gasteiger partial charge >= 0.3 is 5.97 Å². The molecule has 0 aliphatic heterocycles. The minimum absolute atomic E-state index is 0.0119. The number of ether oxygens (including phenoxy) is 2. The van der Waals surface area contributed by atoms with Gasteiger partial charge in [0.25, 0.3) is 0 Å². The first-order chi connectivity index (χ1) is 11.3. The van der Waals surface area contributed by atoms with Crippen LogP contribution in [0.15, 0.2) is 36.4 Å². The number of benzene rings is 2. The smallest absolute Gasteiger partial charge is 0.338 e. The van der Waals surface area contributed by atoms with Crippen LogP contribution in [0, 0.1) is 23.3 Å². The van der Waals surface area contributed by atoms with Crippen LogP contribution in [0.25, 0.3) is 11.1 Å². The van der Waals surface area contributed by atoms with Gasteiger partial charge in [0.05, 0.1) is 7.11 Å². The molecule has 126 valence electrons. The van der Waals surface area contributed by atoms with Crippen LogP contribution in [0.5, 0.6) is 11.5 Å². The molecule has 0 heterocycles. The molecule has 0 amide bonds. The predicted molar refractivity (Wildman–Crippen MR) is 78.7 cm³/mol. The Morgan fingerprint density at radius 1 is 0.875 bits per heavy atom. The number of hydrogen-bond acceptors (Lipinski definition) is 3. The van der Waals surface area contributed by atoms with Crippen LogP contribution in [0.1, 0.15) is 6.92 Å². The third-order valence-electron chi connectivity index (χ3n) is 3.15. The fourth-order valence-electron chi connectivity index (χ4n) is 1.90. The molecule has 24 heavy (non-hydrogen) atoms. The van der Waals surface area contributed by atoms with Crippen molar-refractivity contribution in [3.8, 4) is 22.6 Å². The van der Waals surface area contributed by atoms with Crippen molar-refractivity contribution in [2.75, 3.05) is 7.11 Å². The zero-order chi connectivity index (χ0) is 18.0. The van der Waals surface area contributed by atoms with Gasteiger partial charge in [-0.15, -0.1) is 0 Å². The summed E-state index contributed by atoms with van der Waals surface area (Å²) in [6, 6.07) is 4.05. The van der Waals surface area contributed by atoms with E-state index in [-0.39, 0.29) is 11.3 Å². The number of carbonyl (C=O) groups excluding carboxylic acids is 1. The maximum atomic E-state index is 14.2. The first kappa shape index (κ1) is 17.5. The Labute approximate surface area is 135 Å². The van der Waals surface area contributed by atoms with Crippen molar-refractivity contribution in [3.05, 3.63) is 59.7 Å². The first-order valence-corrected chi connectivity index (χ1v) is 6.66. The van der Waals surface area contributed by atoms with Crippen molar-refractivity contribution in [3.63, 3.8) is 0 Å². The molecule has 0 unspecified atom stereocenters. The van der Waals surface area contributed by atoms with Crippen LogP contribution < -0.4 is 9.47 Å². The summed E-state index contributed by atoms with van der Waals surface area (Å²) in [5.74, 6) is -7.69. The molecule has 2 aromatic carbocycles. The molecule has 2 rings (SSSR count). The molecule has 0 fully saturated rings. The van der Waals surface area contributed by atoms with Crippen LogP contribution >= 0.6 is 0 Å². The van der Waals surface area contributed by atoms with Gasteiger partial charge in [-0.3, -0.25) is 0 Å². The molecular weight excluding hydrogens is 328 g/mol. The molecule has 0 spiro atoms. The average Bonchev–Trinajstić information content (AvgIpc) is 2.55. The largest absolute Gasteiger partial charge is 0.494 e. The van der Waals surface area contributed by atoms with Crippen LogP contribution in [0.2, 0.25) is 0 Å². The number of halogens is 4. The molecule has 0 aliphatic rings. The minimum atomic E-state index is -1.50. The molecule has 0 aliphatic carbocycles. The fraction of sp³-hybridized carbons (Fsp3) is 0.118. The highest BCUT2D eigenvalue weighted by molar-refractivity contribution is 5.88. The van der Waals surface area contributed by atoms with Crippen molar-refractivity contribution in [1.29, 1.82) is 0 Å². The molecule has 0 saturated heterocycles. The van der Waals surface area contributed by atoms with E-state index in [0.29, 0.717) is 0 Å². The van der Waals surface area contributed by atoms with E-state index < -0.39 is 46.1 Å². The van der Waals surface area contributed by atoms with Crippen LogP contribution in [0.3, 0.4) is 0 Å². The number of hydrogen-bond donors (Lipinski definition) is 0. The topological polar surface area (TPSA) is 35.5 Å². The summed E-state index contributed by atoms with van der Waals surface area (Å²) in [5.41, 5.74) is -1.04. The van der Waals surface area contributed by atoms with Crippen molar-refractivity contribution in [2.45, 2.75) is 6.92 Å². The Morgan fingerprint density at radius 2 is 1.33 bits per heavy atom. The molecule has 0 bridgehead atoms. The van der Waals surface area contributed by atoms with E-state index in [0.717, 1.165) is 31.4 Å². The number of carbonyl (C=O) groups is 1. The van der Waals surface area contributed by atoms with Gasteiger partial charge in [-0.2, -0.15) is 8.78 Å². The van der Waals surface area contributed by atoms with Gasteiger partial charge in [0.2, 0.25) is 11.6 Å². The number of rotatable bonds is 4. The summed E-state index contributed by atoms with van der Waals surface area (Å²) in [5, 5.41) is 0. The summed E-state index contributed by atoms with van der Waals surface area (Å²) >= 11 is 0.